The van der Waals surface area contributed by atoms with Crippen LogP contribution >= 0.6 is 15.9 Å². The third kappa shape index (κ3) is 3.29. The number of rotatable bonds is 3. The fourth-order valence-electron chi connectivity index (χ4n) is 2.64. The van der Waals surface area contributed by atoms with E-state index in [0.29, 0.717) is 12.8 Å². The first-order valence-corrected chi connectivity index (χ1v) is 7.06. The van der Waals surface area contributed by atoms with Crippen molar-refractivity contribution in [1.82, 2.24) is 0 Å². The molecule has 0 bridgehead atoms. The molecule has 1 aromatic carbocycles. The molecule has 1 saturated carbocycles. The Balaban J connectivity index is 1.99. The Kier molecular flexibility index (Phi) is 4.07. The van der Waals surface area contributed by atoms with Crippen molar-refractivity contribution in [3.8, 4) is 0 Å². The fourth-order valence-corrected chi connectivity index (χ4v) is 2.88. The maximum absolute atomic E-state index is 13.1. The lowest BCUT2D eigenvalue weighted by molar-refractivity contribution is 0.00446. The number of hydrogen-bond donors (Lipinski definition) is 1. The van der Waals surface area contributed by atoms with E-state index in [1.54, 1.807) is 0 Å². The molecular formula is C14H18BrF2N. The molecule has 0 radical (unpaired) electrons. The van der Waals surface area contributed by atoms with Crippen LogP contribution in [0.5, 0.6) is 0 Å². The smallest absolute Gasteiger partial charge is 0.248 e. The standard InChI is InChI=1S/C14H18BrF2N/c1-9-6-11(2-3-12(9)15)13(18)7-10-4-5-14(16,17)8-10/h2-3,6,10,13H,4-5,7-8,18H2,1H3. The van der Waals surface area contributed by atoms with Crippen LogP contribution in [0, 0.1) is 12.8 Å². The third-order valence-corrected chi connectivity index (χ3v) is 4.59. The Morgan fingerprint density at radius 2 is 2.22 bits per heavy atom. The van der Waals surface area contributed by atoms with Crippen LogP contribution in [0.3, 0.4) is 0 Å². The van der Waals surface area contributed by atoms with Crippen LogP contribution in [-0.4, -0.2) is 5.92 Å². The van der Waals surface area contributed by atoms with Gasteiger partial charge in [-0.3, -0.25) is 0 Å². The summed E-state index contributed by atoms with van der Waals surface area (Å²) in [6.07, 6.45) is 1.26. The Morgan fingerprint density at radius 3 is 2.78 bits per heavy atom. The van der Waals surface area contributed by atoms with Crippen molar-refractivity contribution in [2.24, 2.45) is 11.7 Å². The Morgan fingerprint density at radius 1 is 1.50 bits per heavy atom. The van der Waals surface area contributed by atoms with Crippen molar-refractivity contribution in [3.63, 3.8) is 0 Å². The minimum atomic E-state index is -2.47. The molecular weight excluding hydrogens is 300 g/mol. The molecule has 4 heteroatoms. The van der Waals surface area contributed by atoms with Crippen LogP contribution in [0.15, 0.2) is 22.7 Å². The highest BCUT2D eigenvalue weighted by molar-refractivity contribution is 9.10. The molecule has 1 aromatic rings. The predicted molar refractivity (Wildman–Crippen MR) is 72.7 cm³/mol. The molecule has 0 heterocycles. The van der Waals surface area contributed by atoms with E-state index < -0.39 is 5.92 Å². The second-order valence-corrected chi connectivity index (χ2v) is 6.17. The van der Waals surface area contributed by atoms with Crippen LogP contribution in [0.1, 0.15) is 42.9 Å². The Bertz CT molecular complexity index is 434. The van der Waals surface area contributed by atoms with Gasteiger partial charge in [0.15, 0.2) is 0 Å². The van der Waals surface area contributed by atoms with E-state index in [1.807, 2.05) is 25.1 Å². The second kappa shape index (κ2) is 5.25. The van der Waals surface area contributed by atoms with Gasteiger partial charge in [-0.05, 0) is 42.9 Å². The van der Waals surface area contributed by atoms with Crippen LogP contribution < -0.4 is 5.73 Å². The van der Waals surface area contributed by atoms with Gasteiger partial charge in [0, 0.05) is 23.4 Å². The molecule has 18 heavy (non-hydrogen) atoms. The van der Waals surface area contributed by atoms with Gasteiger partial charge in [0.05, 0.1) is 0 Å². The van der Waals surface area contributed by atoms with Crippen molar-refractivity contribution in [3.05, 3.63) is 33.8 Å². The summed E-state index contributed by atoms with van der Waals surface area (Å²) >= 11 is 3.44. The number of aryl methyl sites for hydroxylation is 1. The topological polar surface area (TPSA) is 26.0 Å². The van der Waals surface area contributed by atoms with Crippen molar-refractivity contribution < 1.29 is 8.78 Å². The molecule has 1 aliphatic rings. The molecule has 2 N–H and O–H groups in total. The Labute approximate surface area is 115 Å². The summed E-state index contributed by atoms with van der Waals surface area (Å²) in [5.74, 6) is -2.42. The van der Waals surface area contributed by atoms with Crippen LogP contribution in [-0.2, 0) is 0 Å². The zero-order valence-corrected chi connectivity index (χ0v) is 12.0. The van der Waals surface area contributed by atoms with Gasteiger partial charge in [0.1, 0.15) is 0 Å². The van der Waals surface area contributed by atoms with Crippen LogP contribution in [0.25, 0.3) is 0 Å². The first-order valence-electron chi connectivity index (χ1n) is 6.27. The lowest BCUT2D eigenvalue weighted by Gasteiger charge is -2.17. The van der Waals surface area contributed by atoms with Crippen molar-refractivity contribution in [2.75, 3.05) is 0 Å². The summed E-state index contributed by atoms with van der Waals surface area (Å²) in [4.78, 5) is 0. The molecule has 2 rings (SSSR count). The third-order valence-electron chi connectivity index (χ3n) is 3.70. The van der Waals surface area contributed by atoms with E-state index in [1.165, 1.54) is 0 Å². The lowest BCUT2D eigenvalue weighted by atomic mass is 9.93. The number of hydrogen-bond acceptors (Lipinski definition) is 1. The van der Waals surface area contributed by atoms with Gasteiger partial charge in [0.2, 0.25) is 5.92 Å². The second-order valence-electron chi connectivity index (χ2n) is 5.32. The molecule has 1 aliphatic carbocycles. The molecule has 100 valence electrons. The highest BCUT2D eigenvalue weighted by Crippen LogP contribution is 2.42. The van der Waals surface area contributed by atoms with Gasteiger partial charge < -0.3 is 5.73 Å². The summed E-state index contributed by atoms with van der Waals surface area (Å²) in [5, 5.41) is 0. The summed E-state index contributed by atoms with van der Waals surface area (Å²) in [7, 11) is 0. The average Bonchev–Trinajstić information content (AvgIpc) is 2.62. The molecule has 0 saturated heterocycles. The van der Waals surface area contributed by atoms with Gasteiger partial charge in [-0.1, -0.05) is 28.1 Å². The summed E-state index contributed by atoms with van der Waals surface area (Å²) < 4.78 is 27.3. The van der Waals surface area contributed by atoms with Crippen molar-refractivity contribution in [1.29, 1.82) is 0 Å². The normalized spacial score (nSPS) is 24.2. The maximum Gasteiger partial charge on any atom is 0.248 e. The van der Waals surface area contributed by atoms with E-state index in [2.05, 4.69) is 15.9 Å². The molecule has 1 fully saturated rings. The van der Waals surface area contributed by atoms with Crippen LogP contribution in [0.2, 0.25) is 0 Å². The number of halogens is 3. The van der Waals surface area contributed by atoms with Gasteiger partial charge in [0.25, 0.3) is 0 Å². The van der Waals surface area contributed by atoms with E-state index in [4.69, 9.17) is 5.73 Å². The van der Waals surface area contributed by atoms with Crippen molar-refractivity contribution >= 4 is 15.9 Å². The van der Waals surface area contributed by atoms with E-state index >= 15 is 0 Å². The Hall–Kier alpha value is -0.480. The van der Waals surface area contributed by atoms with Crippen molar-refractivity contribution in [2.45, 2.75) is 44.6 Å². The summed E-state index contributed by atoms with van der Waals surface area (Å²) in [6, 6.07) is 5.82. The highest BCUT2D eigenvalue weighted by Gasteiger charge is 2.39. The molecule has 0 aromatic heterocycles. The molecule has 0 amide bonds. The zero-order chi connectivity index (χ0) is 13.3. The maximum atomic E-state index is 13.1. The fraction of sp³-hybridized carbons (Fsp3) is 0.571. The quantitative estimate of drug-likeness (QED) is 0.867. The van der Waals surface area contributed by atoms with Gasteiger partial charge in [-0.2, -0.15) is 0 Å². The molecule has 0 spiro atoms. The van der Waals surface area contributed by atoms with Gasteiger partial charge in [-0.15, -0.1) is 0 Å². The summed E-state index contributed by atoms with van der Waals surface area (Å²) in [6.45, 7) is 2.00. The summed E-state index contributed by atoms with van der Waals surface area (Å²) in [5.41, 5.74) is 8.28. The van der Waals surface area contributed by atoms with E-state index in [9.17, 15) is 8.78 Å². The SMILES string of the molecule is Cc1cc(C(N)CC2CCC(F)(F)C2)ccc1Br. The minimum Gasteiger partial charge on any atom is -0.324 e. The largest absolute Gasteiger partial charge is 0.324 e. The minimum absolute atomic E-state index is 0.00376. The monoisotopic (exact) mass is 317 g/mol. The van der Waals surface area contributed by atoms with Crippen LogP contribution in [0.4, 0.5) is 8.78 Å². The molecule has 0 aliphatic heterocycles. The van der Waals surface area contributed by atoms with Gasteiger partial charge in [-0.25, -0.2) is 8.78 Å². The molecule has 2 atom stereocenters. The number of alkyl halides is 2. The average molecular weight is 318 g/mol. The van der Waals surface area contributed by atoms with E-state index in [-0.39, 0.29) is 24.8 Å². The molecule has 1 nitrogen and oxygen atoms in total. The number of benzene rings is 1. The lowest BCUT2D eigenvalue weighted by Crippen LogP contribution is -2.16. The number of nitrogens with two attached hydrogens (primary N) is 1. The van der Waals surface area contributed by atoms with Gasteiger partial charge >= 0.3 is 0 Å². The first-order chi connectivity index (χ1) is 8.37. The first kappa shape index (κ1) is 13.9. The predicted octanol–water partition coefficient (Wildman–Crippen LogP) is 4.58. The van der Waals surface area contributed by atoms with E-state index in [0.717, 1.165) is 15.6 Å². The highest BCUT2D eigenvalue weighted by atomic mass is 79.9. The molecule has 2 unspecified atom stereocenters. The zero-order valence-electron chi connectivity index (χ0n) is 10.4.